The van der Waals surface area contributed by atoms with Crippen LogP contribution in [0.1, 0.15) is 44.7 Å². The first-order valence-corrected chi connectivity index (χ1v) is 12.6. The minimum Gasteiger partial charge on any atom is -0.445 e. The molecular formula is C28H34FN3O5. The number of nitrogens with zero attached hydrogens (tertiary/aromatic N) is 2. The van der Waals surface area contributed by atoms with Crippen LogP contribution < -0.4 is 5.32 Å². The number of ether oxygens (including phenoxy) is 2. The fourth-order valence-corrected chi connectivity index (χ4v) is 4.36. The third-order valence-electron chi connectivity index (χ3n) is 6.59. The van der Waals surface area contributed by atoms with Crippen molar-refractivity contribution in [2.24, 2.45) is 5.92 Å². The Kier molecular flexibility index (Phi) is 7.71. The molecule has 0 spiro atoms. The number of nitrogens with one attached hydrogen (secondary N) is 1. The average molecular weight is 512 g/mol. The second-order valence-electron chi connectivity index (χ2n) is 10.6. The fraction of sp³-hybridized carbons (Fsp3) is 0.464. The highest BCUT2D eigenvalue weighted by Gasteiger charge is 2.39. The van der Waals surface area contributed by atoms with Crippen molar-refractivity contribution < 1.29 is 28.2 Å². The summed E-state index contributed by atoms with van der Waals surface area (Å²) in [6, 6.07) is 16.1. The maximum absolute atomic E-state index is 15.6. The largest absolute Gasteiger partial charge is 0.445 e. The minimum atomic E-state index is -1.55. The van der Waals surface area contributed by atoms with E-state index in [0.29, 0.717) is 24.3 Å². The highest BCUT2D eigenvalue weighted by atomic mass is 19.1. The number of halogens is 1. The van der Waals surface area contributed by atoms with Crippen LogP contribution >= 0.6 is 0 Å². The van der Waals surface area contributed by atoms with E-state index in [4.69, 9.17) is 9.47 Å². The minimum absolute atomic E-state index is 0.177. The SMILES string of the molecule is CC(C)(C)OC(=O)N1CCC(F)(c2ccc(NC(=O)C3CN(C(=O)OCc4ccccc4)C3)cc2)CC1. The van der Waals surface area contributed by atoms with Gasteiger partial charge in [0.1, 0.15) is 17.9 Å². The molecule has 0 radical (unpaired) electrons. The van der Waals surface area contributed by atoms with E-state index >= 15 is 4.39 Å². The molecule has 198 valence electrons. The summed E-state index contributed by atoms with van der Waals surface area (Å²) in [6.45, 7) is 6.73. The zero-order chi connectivity index (χ0) is 26.6. The average Bonchev–Trinajstić information content (AvgIpc) is 2.82. The molecule has 2 heterocycles. The molecular weight excluding hydrogens is 477 g/mol. The molecule has 0 atom stereocenters. The number of benzene rings is 2. The Morgan fingerprint density at radius 2 is 1.57 bits per heavy atom. The van der Waals surface area contributed by atoms with Crippen molar-refractivity contribution in [2.45, 2.75) is 51.5 Å². The van der Waals surface area contributed by atoms with Gasteiger partial charge in [0.2, 0.25) is 5.91 Å². The topological polar surface area (TPSA) is 88.2 Å². The molecule has 2 aromatic carbocycles. The molecule has 2 aliphatic heterocycles. The Bertz CT molecular complexity index is 1100. The molecule has 2 aromatic rings. The lowest BCUT2D eigenvalue weighted by atomic mass is 9.86. The molecule has 2 aliphatic rings. The van der Waals surface area contributed by atoms with Gasteiger partial charge in [-0.15, -0.1) is 0 Å². The van der Waals surface area contributed by atoms with Gasteiger partial charge in [-0.1, -0.05) is 42.5 Å². The van der Waals surface area contributed by atoms with Gasteiger partial charge in [-0.05, 0) is 44.0 Å². The monoisotopic (exact) mass is 511 g/mol. The molecule has 0 aromatic heterocycles. The molecule has 0 aliphatic carbocycles. The molecule has 2 saturated heterocycles. The summed E-state index contributed by atoms with van der Waals surface area (Å²) in [5.74, 6) is -0.519. The van der Waals surface area contributed by atoms with Crippen LogP contribution in [-0.4, -0.2) is 59.7 Å². The predicted molar refractivity (Wildman–Crippen MR) is 137 cm³/mol. The van der Waals surface area contributed by atoms with Crippen LogP contribution in [0.2, 0.25) is 0 Å². The zero-order valence-corrected chi connectivity index (χ0v) is 21.5. The van der Waals surface area contributed by atoms with Crippen LogP contribution in [0.15, 0.2) is 54.6 Å². The van der Waals surface area contributed by atoms with Crippen molar-refractivity contribution in [1.82, 2.24) is 9.80 Å². The number of carbonyl (C=O) groups excluding carboxylic acids is 3. The van der Waals surface area contributed by atoms with Crippen LogP contribution in [0.4, 0.5) is 19.7 Å². The van der Waals surface area contributed by atoms with Crippen LogP contribution in [0.25, 0.3) is 0 Å². The summed E-state index contributed by atoms with van der Waals surface area (Å²) in [4.78, 5) is 40.0. The van der Waals surface area contributed by atoms with Gasteiger partial charge in [0.25, 0.3) is 0 Å². The lowest BCUT2D eigenvalue weighted by Gasteiger charge is -2.37. The van der Waals surface area contributed by atoms with E-state index in [1.807, 2.05) is 30.3 Å². The molecule has 0 bridgehead atoms. The normalized spacial score (nSPS) is 17.5. The number of likely N-dealkylation sites (tertiary alicyclic amines) is 2. The Balaban J connectivity index is 1.22. The smallest absolute Gasteiger partial charge is 0.410 e. The van der Waals surface area contributed by atoms with E-state index in [1.54, 1.807) is 45.0 Å². The van der Waals surface area contributed by atoms with Gasteiger partial charge >= 0.3 is 12.2 Å². The number of rotatable bonds is 5. The zero-order valence-electron chi connectivity index (χ0n) is 21.5. The van der Waals surface area contributed by atoms with Gasteiger partial charge in [-0.2, -0.15) is 0 Å². The highest BCUT2D eigenvalue weighted by molar-refractivity contribution is 5.94. The van der Waals surface area contributed by atoms with Gasteiger partial charge in [0, 0.05) is 44.7 Å². The first-order valence-electron chi connectivity index (χ1n) is 12.6. The van der Waals surface area contributed by atoms with Crippen LogP contribution in [-0.2, 0) is 26.5 Å². The Labute approximate surface area is 216 Å². The van der Waals surface area contributed by atoms with E-state index in [0.717, 1.165) is 5.56 Å². The number of anilines is 1. The van der Waals surface area contributed by atoms with Crippen molar-refractivity contribution in [3.8, 4) is 0 Å². The number of piperidine rings is 1. The lowest BCUT2D eigenvalue weighted by molar-refractivity contribution is -0.124. The Hall–Kier alpha value is -3.62. The van der Waals surface area contributed by atoms with Crippen molar-refractivity contribution >= 4 is 23.8 Å². The quantitative estimate of drug-likeness (QED) is 0.604. The molecule has 1 N–H and O–H groups in total. The number of hydrogen-bond acceptors (Lipinski definition) is 5. The third kappa shape index (κ3) is 6.78. The van der Waals surface area contributed by atoms with Crippen LogP contribution in [0, 0.1) is 5.92 Å². The van der Waals surface area contributed by atoms with Gasteiger partial charge in [-0.25, -0.2) is 14.0 Å². The molecule has 0 saturated carbocycles. The summed E-state index contributed by atoms with van der Waals surface area (Å²) in [6.07, 6.45) is -0.512. The van der Waals surface area contributed by atoms with E-state index in [2.05, 4.69) is 5.32 Å². The highest BCUT2D eigenvalue weighted by Crippen LogP contribution is 2.38. The van der Waals surface area contributed by atoms with Gasteiger partial charge in [0.15, 0.2) is 0 Å². The van der Waals surface area contributed by atoms with Gasteiger partial charge in [0.05, 0.1) is 5.92 Å². The molecule has 2 fully saturated rings. The Morgan fingerprint density at radius 1 is 0.946 bits per heavy atom. The van der Waals surface area contributed by atoms with E-state index < -0.39 is 23.5 Å². The summed E-state index contributed by atoms with van der Waals surface area (Å²) in [7, 11) is 0. The standard InChI is InChI=1S/C28H34FN3O5/c1-27(2,3)37-26(35)31-15-13-28(29,14-16-31)22-9-11-23(12-10-22)30-24(33)21-17-32(18-21)25(34)36-19-20-7-5-4-6-8-20/h4-12,21H,13-19H2,1-3H3,(H,30,33). The molecule has 37 heavy (non-hydrogen) atoms. The number of hydrogen-bond donors (Lipinski definition) is 1. The number of carbonyl (C=O) groups is 3. The van der Waals surface area contributed by atoms with Crippen LogP contribution in [0.3, 0.4) is 0 Å². The van der Waals surface area contributed by atoms with Crippen molar-refractivity contribution in [3.63, 3.8) is 0 Å². The molecule has 0 unspecified atom stereocenters. The van der Waals surface area contributed by atoms with Crippen molar-refractivity contribution in [3.05, 3.63) is 65.7 Å². The second-order valence-corrected chi connectivity index (χ2v) is 10.6. The van der Waals surface area contributed by atoms with Crippen molar-refractivity contribution in [1.29, 1.82) is 0 Å². The van der Waals surface area contributed by atoms with E-state index in [-0.39, 0.29) is 44.4 Å². The first-order chi connectivity index (χ1) is 17.5. The summed E-state index contributed by atoms with van der Waals surface area (Å²) < 4.78 is 26.3. The molecule has 9 heteroatoms. The second kappa shape index (κ2) is 10.8. The maximum atomic E-state index is 15.6. The summed E-state index contributed by atoms with van der Waals surface area (Å²) in [5, 5.41) is 2.84. The summed E-state index contributed by atoms with van der Waals surface area (Å²) in [5.41, 5.74) is -0.155. The van der Waals surface area contributed by atoms with Gasteiger partial charge in [-0.3, -0.25) is 4.79 Å². The van der Waals surface area contributed by atoms with E-state index in [9.17, 15) is 14.4 Å². The molecule has 4 rings (SSSR count). The van der Waals surface area contributed by atoms with Crippen LogP contribution in [0.5, 0.6) is 0 Å². The predicted octanol–water partition coefficient (Wildman–Crippen LogP) is 5.09. The first kappa shape index (κ1) is 26.4. The van der Waals surface area contributed by atoms with Crippen molar-refractivity contribution in [2.75, 3.05) is 31.5 Å². The molecule has 8 nitrogen and oxygen atoms in total. The van der Waals surface area contributed by atoms with E-state index in [1.165, 1.54) is 9.80 Å². The molecule has 3 amide bonds. The maximum Gasteiger partial charge on any atom is 0.410 e. The van der Waals surface area contributed by atoms with Gasteiger partial charge < -0.3 is 24.6 Å². The third-order valence-corrected chi connectivity index (χ3v) is 6.59. The Morgan fingerprint density at radius 3 is 2.16 bits per heavy atom. The summed E-state index contributed by atoms with van der Waals surface area (Å²) >= 11 is 0. The fourth-order valence-electron chi connectivity index (χ4n) is 4.36. The number of alkyl halides is 1. The lowest BCUT2D eigenvalue weighted by Crippen LogP contribution is -2.54. The number of amides is 3.